The van der Waals surface area contributed by atoms with Crippen LogP contribution in [0.1, 0.15) is 26.3 Å². The van der Waals surface area contributed by atoms with Gasteiger partial charge in [0.1, 0.15) is 5.75 Å². The molecule has 0 bridgehead atoms. The van der Waals surface area contributed by atoms with Crippen LogP contribution < -0.4 is 10.1 Å². The van der Waals surface area contributed by atoms with E-state index in [1.807, 2.05) is 55.5 Å². The van der Waals surface area contributed by atoms with Crippen LogP contribution in [0.4, 0.5) is 5.69 Å². The minimum atomic E-state index is -0.241. The Morgan fingerprint density at radius 3 is 2.36 bits per heavy atom. The Labute approximate surface area is 209 Å². The minimum Gasteiger partial charge on any atom is -0.497 e. The number of anilines is 1. The maximum Gasteiger partial charge on any atom is 0.256 e. The van der Waals surface area contributed by atoms with Crippen LogP contribution in [0.2, 0.25) is 0 Å². The summed E-state index contributed by atoms with van der Waals surface area (Å²) in [7, 11) is 1.62. The molecule has 1 fully saturated rings. The molecule has 4 aromatic rings. The number of hydrogen-bond acceptors (Lipinski definition) is 5. The SMILES string of the molecule is COc1ccc(-c2cc(C(=O)Nc3ccc(C(=O)N4CCOCC4)cc3)c3cc(C)ccc3n2)cc1. The first-order valence-electron chi connectivity index (χ1n) is 11.9. The van der Waals surface area contributed by atoms with Gasteiger partial charge in [-0.2, -0.15) is 0 Å². The van der Waals surface area contributed by atoms with Gasteiger partial charge in [-0.1, -0.05) is 11.6 Å². The van der Waals surface area contributed by atoms with E-state index < -0.39 is 0 Å². The summed E-state index contributed by atoms with van der Waals surface area (Å²) in [6.45, 7) is 4.27. The Morgan fingerprint density at radius 2 is 1.67 bits per heavy atom. The van der Waals surface area contributed by atoms with Gasteiger partial charge in [-0.3, -0.25) is 9.59 Å². The quantitative estimate of drug-likeness (QED) is 0.437. The van der Waals surface area contributed by atoms with Gasteiger partial charge in [0.05, 0.1) is 37.1 Å². The van der Waals surface area contributed by atoms with Crippen LogP contribution in [0, 0.1) is 6.92 Å². The summed E-state index contributed by atoms with van der Waals surface area (Å²) in [5, 5.41) is 3.76. The van der Waals surface area contributed by atoms with Gasteiger partial charge < -0.3 is 19.7 Å². The van der Waals surface area contributed by atoms with Crippen LogP contribution >= 0.6 is 0 Å². The number of amides is 2. The minimum absolute atomic E-state index is 0.0316. The number of pyridine rings is 1. The highest BCUT2D eigenvalue weighted by Gasteiger charge is 2.19. The van der Waals surface area contributed by atoms with Gasteiger partial charge in [0.2, 0.25) is 0 Å². The van der Waals surface area contributed by atoms with Crippen molar-refractivity contribution in [1.29, 1.82) is 0 Å². The highest BCUT2D eigenvalue weighted by molar-refractivity contribution is 6.13. The smallest absolute Gasteiger partial charge is 0.256 e. The van der Waals surface area contributed by atoms with E-state index in [-0.39, 0.29) is 11.8 Å². The van der Waals surface area contributed by atoms with E-state index in [9.17, 15) is 9.59 Å². The molecule has 36 heavy (non-hydrogen) atoms. The zero-order chi connectivity index (χ0) is 25.1. The maximum atomic E-state index is 13.4. The second-order valence-corrected chi connectivity index (χ2v) is 8.74. The summed E-state index contributed by atoms with van der Waals surface area (Å²) in [6.07, 6.45) is 0. The summed E-state index contributed by atoms with van der Waals surface area (Å²) in [5.74, 6) is 0.481. The van der Waals surface area contributed by atoms with Crippen molar-refractivity contribution in [2.45, 2.75) is 6.92 Å². The van der Waals surface area contributed by atoms with E-state index in [0.29, 0.717) is 48.8 Å². The van der Waals surface area contributed by atoms with E-state index in [1.165, 1.54) is 0 Å². The summed E-state index contributed by atoms with van der Waals surface area (Å²) < 4.78 is 10.6. The van der Waals surface area contributed by atoms with E-state index in [2.05, 4.69) is 5.32 Å². The predicted molar refractivity (Wildman–Crippen MR) is 140 cm³/mol. The first-order chi connectivity index (χ1) is 17.5. The number of carbonyl (C=O) groups is 2. The molecule has 3 aromatic carbocycles. The number of rotatable bonds is 5. The van der Waals surface area contributed by atoms with Crippen LogP contribution in [0.3, 0.4) is 0 Å². The third-order valence-electron chi connectivity index (χ3n) is 6.28. The van der Waals surface area contributed by atoms with Crippen LogP contribution in [0.25, 0.3) is 22.2 Å². The van der Waals surface area contributed by atoms with E-state index in [0.717, 1.165) is 27.8 Å². The molecule has 1 aromatic heterocycles. The number of benzene rings is 3. The van der Waals surface area contributed by atoms with Crippen LogP contribution in [0.15, 0.2) is 72.8 Å². The van der Waals surface area contributed by atoms with E-state index >= 15 is 0 Å². The Morgan fingerprint density at radius 1 is 0.944 bits per heavy atom. The van der Waals surface area contributed by atoms with Gasteiger partial charge in [0.15, 0.2) is 0 Å². The molecular weight excluding hydrogens is 454 g/mol. The highest BCUT2D eigenvalue weighted by Crippen LogP contribution is 2.28. The number of ether oxygens (including phenoxy) is 2. The molecule has 1 aliphatic heterocycles. The fraction of sp³-hybridized carbons (Fsp3) is 0.207. The fourth-order valence-electron chi connectivity index (χ4n) is 4.28. The Bertz CT molecular complexity index is 1410. The second kappa shape index (κ2) is 10.2. The molecule has 2 heterocycles. The highest BCUT2D eigenvalue weighted by atomic mass is 16.5. The molecule has 7 nitrogen and oxygen atoms in total. The molecule has 0 spiro atoms. The lowest BCUT2D eigenvalue weighted by Gasteiger charge is -2.26. The molecule has 1 aliphatic rings. The molecule has 0 unspecified atom stereocenters. The number of carbonyl (C=O) groups excluding carboxylic acids is 2. The lowest BCUT2D eigenvalue weighted by atomic mass is 10.0. The lowest BCUT2D eigenvalue weighted by molar-refractivity contribution is 0.0303. The number of aromatic nitrogens is 1. The normalized spacial score (nSPS) is 13.4. The molecule has 5 rings (SSSR count). The number of morpholine rings is 1. The third kappa shape index (κ3) is 4.92. The Hall–Kier alpha value is -4.23. The number of nitrogens with one attached hydrogen (secondary N) is 1. The van der Waals surface area contributed by atoms with Crippen molar-refractivity contribution < 1.29 is 19.1 Å². The maximum absolute atomic E-state index is 13.4. The molecule has 1 saturated heterocycles. The zero-order valence-corrected chi connectivity index (χ0v) is 20.3. The topological polar surface area (TPSA) is 80.8 Å². The molecule has 7 heteroatoms. The predicted octanol–water partition coefficient (Wildman–Crippen LogP) is 4.94. The van der Waals surface area contributed by atoms with Crippen molar-refractivity contribution in [3.8, 4) is 17.0 Å². The Kier molecular flexibility index (Phi) is 6.64. The molecular formula is C29H27N3O4. The first-order valence-corrected chi connectivity index (χ1v) is 11.9. The molecule has 182 valence electrons. The van der Waals surface area contributed by atoms with Crippen molar-refractivity contribution in [2.75, 3.05) is 38.7 Å². The van der Waals surface area contributed by atoms with Crippen LogP contribution in [-0.4, -0.2) is 55.1 Å². The molecule has 0 aliphatic carbocycles. The largest absolute Gasteiger partial charge is 0.497 e. The monoisotopic (exact) mass is 481 g/mol. The van der Waals surface area contributed by atoms with Gasteiger partial charge in [0, 0.05) is 35.3 Å². The van der Waals surface area contributed by atoms with Crippen LogP contribution in [0.5, 0.6) is 5.75 Å². The summed E-state index contributed by atoms with van der Waals surface area (Å²) in [5.41, 5.74) is 5.10. The van der Waals surface area contributed by atoms with Crippen molar-refractivity contribution in [3.63, 3.8) is 0 Å². The summed E-state index contributed by atoms with van der Waals surface area (Å²) in [6, 6.07) is 22.3. The van der Waals surface area contributed by atoms with Gasteiger partial charge in [-0.25, -0.2) is 4.98 Å². The molecule has 0 radical (unpaired) electrons. The second-order valence-electron chi connectivity index (χ2n) is 8.74. The summed E-state index contributed by atoms with van der Waals surface area (Å²) >= 11 is 0. The van der Waals surface area contributed by atoms with Crippen molar-refractivity contribution >= 4 is 28.4 Å². The summed E-state index contributed by atoms with van der Waals surface area (Å²) in [4.78, 5) is 32.7. The van der Waals surface area contributed by atoms with Gasteiger partial charge in [-0.15, -0.1) is 0 Å². The third-order valence-corrected chi connectivity index (χ3v) is 6.28. The van der Waals surface area contributed by atoms with E-state index in [4.69, 9.17) is 14.5 Å². The van der Waals surface area contributed by atoms with Crippen molar-refractivity contribution in [1.82, 2.24) is 9.88 Å². The lowest BCUT2D eigenvalue weighted by Crippen LogP contribution is -2.40. The van der Waals surface area contributed by atoms with Crippen molar-refractivity contribution in [3.05, 3.63) is 89.5 Å². The molecule has 0 saturated carbocycles. The molecule has 2 amide bonds. The number of aryl methyl sites for hydroxylation is 1. The number of hydrogen-bond donors (Lipinski definition) is 1. The standard InChI is InChI=1S/C29H27N3O4/c1-19-3-12-26-24(17-19)25(18-27(31-26)20-6-10-23(35-2)11-7-20)28(33)30-22-8-4-21(5-9-22)29(34)32-13-15-36-16-14-32/h3-12,17-18H,13-16H2,1-2H3,(H,30,33). The number of fused-ring (bicyclic) bond motifs is 1. The molecule has 0 atom stereocenters. The van der Waals surface area contributed by atoms with Gasteiger partial charge >= 0.3 is 0 Å². The fourth-order valence-corrected chi connectivity index (χ4v) is 4.28. The number of methoxy groups -OCH3 is 1. The van der Waals surface area contributed by atoms with Crippen molar-refractivity contribution in [2.24, 2.45) is 0 Å². The Balaban J connectivity index is 1.43. The first kappa shape index (κ1) is 23.5. The van der Waals surface area contributed by atoms with Gasteiger partial charge in [-0.05, 0) is 73.7 Å². The van der Waals surface area contributed by atoms with Gasteiger partial charge in [0.25, 0.3) is 11.8 Å². The average molecular weight is 482 g/mol. The van der Waals surface area contributed by atoms with Crippen LogP contribution in [-0.2, 0) is 4.74 Å². The molecule has 1 N–H and O–H groups in total. The zero-order valence-electron chi connectivity index (χ0n) is 20.3. The average Bonchev–Trinajstić information content (AvgIpc) is 2.93. The number of nitrogens with zero attached hydrogens (tertiary/aromatic N) is 2. The van der Waals surface area contributed by atoms with E-state index in [1.54, 1.807) is 36.3 Å².